The van der Waals surface area contributed by atoms with Gasteiger partial charge in [-0.25, -0.2) is 0 Å². The molecule has 2 aromatic carbocycles. The van der Waals surface area contributed by atoms with Crippen molar-refractivity contribution in [3.8, 4) is 0 Å². The molecule has 1 aliphatic carbocycles. The summed E-state index contributed by atoms with van der Waals surface area (Å²) in [4.78, 5) is 24.5. The van der Waals surface area contributed by atoms with E-state index in [1.54, 1.807) is 24.3 Å². The Labute approximate surface area is 164 Å². The molecule has 1 fully saturated rings. The van der Waals surface area contributed by atoms with Crippen LogP contribution in [0, 0.1) is 5.92 Å². The molecule has 3 N–H and O–H groups in total. The van der Waals surface area contributed by atoms with E-state index in [0.29, 0.717) is 16.9 Å². The Morgan fingerprint density at radius 3 is 2.22 bits per heavy atom. The van der Waals surface area contributed by atoms with Crippen LogP contribution in [-0.4, -0.2) is 16.9 Å². The van der Waals surface area contributed by atoms with Crippen molar-refractivity contribution in [1.29, 1.82) is 0 Å². The molecule has 27 heavy (non-hydrogen) atoms. The number of anilines is 2. The summed E-state index contributed by atoms with van der Waals surface area (Å²) in [5, 5.41) is 8.92. The third-order valence-electron chi connectivity index (χ3n) is 4.63. The van der Waals surface area contributed by atoms with E-state index in [-0.39, 0.29) is 22.8 Å². The smallest absolute Gasteiger partial charge is 0.255 e. The zero-order valence-corrected chi connectivity index (χ0v) is 15.9. The number of hydrogen-bond acceptors (Lipinski definition) is 3. The SMILES string of the molecule is O=C(Nc1cccc(NC(=S)NC(=O)C2CCCCC2)c1)c1ccccc1. The van der Waals surface area contributed by atoms with Crippen LogP contribution in [0.4, 0.5) is 11.4 Å². The first-order valence-electron chi connectivity index (χ1n) is 9.20. The topological polar surface area (TPSA) is 70.2 Å². The molecule has 1 saturated carbocycles. The van der Waals surface area contributed by atoms with Crippen LogP contribution < -0.4 is 16.0 Å². The second-order valence-corrected chi connectivity index (χ2v) is 7.09. The number of carbonyl (C=O) groups is 2. The molecule has 2 amide bonds. The van der Waals surface area contributed by atoms with Gasteiger partial charge in [0.1, 0.15) is 0 Å². The molecule has 3 rings (SSSR count). The number of amides is 2. The van der Waals surface area contributed by atoms with Crippen molar-refractivity contribution in [3.63, 3.8) is 0 Å². The summed E-state index contributed by atoms with van der Waals surface area (Å²) < 4.78 is 0. The molecule has 0 radical (unpaired) electrons. The average Bonchev–Trinajstić information content (AvgIpc) is 2.69. The van der Waals surface area contributed by atoms with Crippen molar-refractivity contribution in [2.75, 3.05) is 10.6 Å². The zero-order valence-electron chi connectivity index (χ0n) is 15.0. The van der Waals surface area contributed by atoms with E-state index in [0.717, 1.165) is 25.7 Å². The molecule has 0 saturated heterocycles. The maximum atomic E-state index is 12.3. The van der Waals surface area contributed by atoms with E-state index in [2.05, 4.69) is 16.0 Å². The number of thiocarbonyl (C=S) groups is 1. The molecular weight excluding hydrogens is 358 g/mol. The van der Waals surface area contributed by atoms with Crippen molar-refractivity contribution in [2.24, 2.45) is 5.92 Å². The lowest BCUT2D eigenvalue weighted by atomic mass is 9.89. The summed E-state index contributed by atoms with van der Waals surface area (Å²) in [7, 11) is 0. The van der Waals surface area contributed by atoms with Crippen molar-refractivity contribution >= 4 is 40.5 Å². The van der Waals surface area contributed by atoms with E-state index in [1.165, 1.54) is 6.42 Å². The average molecular weight is 382 g/mol. The summed E-state index contributed by atoms with van der Waals surface area (Å²) in [6.07, 6.45) is 5.25. The molecule has 140 valence electrons. The Bertz CT molecular complexity index is 817. The van der Waals surface area contributed by atoms with Crippen LogP contribution in [0.2, 0.25) is 0 Å². The first-order chi connectivity index (χ1) is 13.1. The Hall–Kier alpha value is -2.73. The first-order valence-corrected chi connectivity index (χ1v) is 9.61. The van der Waals surface area contributed by atoms with Gasteiger partial charge in [0.2, 0.25) is 5.91 Å². The van der Waals surface area contributed by atoms with Crippen LogP contribution in [0.25, 0.3) is 0 Å². The lowest BCUT2D eigenvalue weighted by molar-refractivity contribution is -0.124. The van der Waals surface area contributed by atoms with Gasteiger partial charge in [0.15, 0.2) is 5.11 Å². The van der Waals surface area contributed by atoms with Gasteiger partial charge < -0.3 is 16.0 Å². The van der Waals surface area contributed by atoms with Crippen molar-refractivity contribution in [3.05, 3.63) is 60.2 Å². The van der Waals surface area contributed by atoms with Gasteiger partial charge in [0.25, 0.3) is 5.91 Å². The number of rotatable bonds is 4. The second-order valence-electron chi connectivity index (χ2n) is 6.68. The van der Waals surface area contributed by atoms with Gasteiger partial charge >= 0.3 is 0 Å². The van der Waals surface area contributed by atoms with E-state index in [9.17, 15) is 9.59 Å². The quantitative estimate of drug-likeness (QED) is 0.690. The maximum absolute atomic E-state index is 12.3. The fraction of sp³-hybridized carbons (Fsp3) is 0.286. The number of benzene rings is 2. The molecule has 0 aromatic heterocycles. The molecule has 1 aliphatic rings. The Morgan fingerprint density at radius 2 is 1.52 bits per heavy atom. The van der Waals surface area contributed by atoms with Crippen molar-refractivity contribution in [2.45, 2.75) is 32.1 Å². The monoisotopic (exact) mass is 381 g/mol. The lowest BCUT2D eigenvalue weighted by Gasteiger charge is -2.21. The largest absolute Gasteiger partial charge is 0.332 e. The molecule has 0 atom stereocenters. The molecule has 0 spiro atoms. The summed E-state index contributed by atoms with van der Waals surface area (Å²) in [6.45, 7) is 0. The first kappa shape index (κ1) is 19.0. The molecule has 0 aliphatic heterocycles. The molecule has 0 heterocycles. The van der Waals surface area contributed by atoms with Gasteiger partial charge in [-0.2, -0.15) is 0 Å². The second kappa shape index (κ2) is 9.28. The van der Waals surface area contributed by atoms with Crippen molar-refractivity contribution < 1.29 is 9.59 Å². The predicted octanol–water partition coefficient (Wildman–Crippen LogP) is 4.33. The van der Waals surface area contributed by atoms with Crippen LogP contribution >= 0.6 is 12.2 Å². The van der Waals surface area contributed by atoms with Gasteiger partial charge in [-0.1, -0.05) is 43.5 Å². The third kappa shape index (κ3) is 5.62. The summed E-state index contributed by atoms with van der Waals surface area (Å²) in [6, 6.07) is 16.2. The van der Waals surface area contributed by atoms with Crippen LogP contribution in [0.1, 0.15) is 42.5 Å². The maximum Gasteiger partial charge on any atom is 0.255 e. The van der Waals surface area contributed by atoms with Crippen molar-refractivity contribution in [1.82, 2.24) is 5.32 Å². The fourth-order valence-electron chi connectivity index (χ4n) is 3.21. The number of carbonyl (C=O) groups excluding carboxylic acids is 2. The van der Waals surface area contributed by atoms with Crippen LogP contribution in [0.15, 0.2) is 54.6 Å². The highest BCUT2D eigenvalue weighted by molar-refractivity contribution is 7.80. The minimum absolute atomic E-state index is 0.0132. The highest BCUT2D eigenvalue weighted by atomic mass is 32.1. The van der Waals surface area contributed by atoms with Crippen LogP contribution in [-0.2, 0) is 4.79 Å². The van der Waals surface area contributed by atoms with Gasteiger partial charge in [-0.3, -0.25) is 9.59 Å². The van der Waals surface area contributed by atoms with E-state index < -0.39 is 0 Å². The van der Waals surface area contributed by atoms with E-state index >= 15 is 0 Å². The van der Waals surface area contributed by atoms with E-state index in [1.807, 2.05) is 30.3 Å². The molecule has 2 aromatic rings. The van der Waals surface area contributed by atoms with Gasteiger partial charge in [-0.05, 0) is 55.4 Å². The standard InChI is InChI=1S/C21H23N3O2S/c25-19(15-8-3-1-4-9-15)22-17-12-7-13-18(14-17)23-21(27)24-20(26)16-10-5-2-6-11-16/h1,3-4,7-9,12-14,16H,2,5-6,10-11H2,(H,22,25)(H2,23,24,26,27). The van der Waals surface area contributed by atoms with Gasteiger partial charge in [0.05, 0.1) is 0 Å². The number of hydrogen-bond donors (Lipinski definition) is 3. The highest BCUT2D eigenvalue weighted by Crippen LogP contribution is 2.23. The minimum atomic E-state index is -0.180. The highest BCUT2D eigenvalue weighted by Gasteiger charge is 2.21. The van der Waals surface area contributed by atoms with Crippen LogP contribution in [0.5, 0.6) is 0 Å². The van der Waals surface area contributed by atoms with E-state index in [4.69, 9.17) is 12.2 Å². The Balaban J connectivity index is 1.56. The predicted molar refractivity (Wildman–Crippen MR) is 112 cm³/mol. The minimum Gasteiger partial charge on any atom is -0.332 e. The van der Waals surface area contributed by atoms with Gasteiger partial charge in [-0.15, -0.1) is 0 Å². The molecular formula is C21H23N3O2S. The molecule has 5 nitrogen and oxygen atoms in total. The summed E-state index contributed by atoms with van der Waals surface area (Å²) in [5.74, 6) is -0.142. The lowest BCUT2D eigenvalue weighted by Crippen LogP contribution is -2.39. The van der Waals surface area contributed by atoms with Gasteiger partial charge in [0, 0.05) is 22.9 Å². The molecule has 0 bridgehead atoms. The molecule has 6 heteroatoms. The van der Waals surface area contributed by atoms with Crippen LogP contribution in [0.3, 0.4) is 0 Å². The summed E-state index contributed by atoms with van der Waals surface area (Å²) >= 11 is 5.26. The Morgan fingerprint density at radius 1 is 0.852 bits per heavy atom. The zero-order chi connectivity index (χ0) is 19.1. The third-order valence-corrected chi connectivity index (χ3v) is 4.83. The Kier molecular flexibility index (Phi) is 6.54. The normalized spacial score (nSPS) is 14.2. The molecule has 0 unspecified atom stereocenters. The summed E-state index contributed by atoms with van der Waals surface area (Å²) in [5.41, 5.74) is 1.94. The fourth-order valence-corrected chi connectivity index (χ4v) is 3.43. The number of nitrogens with one attached hydrogen (secondary N) is 3.